The van der Waals surface area contributed by atoms with Crippen LogP contribution < -0.4 is 5.73 Å². The Bertz CT molecular complexity index is 526. The van der Waals surface area contributed by atoms with Crippen LogP contribution in [0.1, 0.15) is 16.1 Å². The number of hydrogen-bond donors (Lipinski definition) is 1. The fourth-order valence-corrected chi connectivity index (χ4v) is 1.80. The normalized spacial score (nSPS) is 10.1. The molecule has 1 aromatic heterocycles. The number of halogens is 1. The van der Waals surface area contributed by atoms with Gasteiger partial charge in [-0.2, -0.15) is 0 Å². The molecule has 0 atom stereocenters. The third-order valence-corrected chi connectivity index (χ3v) is 3.06. The summed E-state index contributed by atoms with van der Waals surface area (Å²) in [4.78, 5) is 16.1. The average Bonchev–Trinajstić information content (AvgIpc) is 2.33. The SMILES string of the molecule is Nc1cccc(C(=O)c2ccccn2)c1Br. The number of anilines is 1. The molecule has 0 unspecified atom stereocenters. The van der Waals surface area contributed by atoms with E-state index in [4.69, 9.17) is 5.73 Å². The van der Waals surface area contributed by atoms with Crippen LogP contribution in [0.15, 0.2) is 47.1 Å². The molecule has 0 saturated carbocycles. The summed E-state index contributed by atoms with van der Waals surface area (Å²) in [5, 5.41) is 0. The Kier molecular flexibility index (Phi) is 3.01. The van der Waals surface area contributed by atoms with Crippen LogP contribution >= 0.6 is 15.9 Å². The molecule has 0 bridgehead atoms. The largest absolute Gasteiger partial charge is 0.398 e. The first-order valence-electron chi connectivity index (χ1n) is 4.70. The van der Waals surface area contributed by atoms with Crippen molar-refractivity contribution < 1.29 is 4.79 Å². The number of ketones is 1. The maximum absolute atomic E-state index is 12.1. The lowest BCUT2D eigenvalue weighted by Gasteiger charge is -2.05. The predicted octanol–water partition coefficient (Wildman–Crippen LogP) is 2.66. The molecule has 2 rings (SSSR count). The molecule has 0 aliphatic heterocycles. The molecule has 0 aliphatic rings. The van der Waals surface area contributed by atoms with Crippen molar-refractivity contribution in [2.24, 2.45) is 0 Å². The fraction of sp³-hybridized carbons (Fsp3) is 0. The Labute approximate surface area is 101 Å². The van der Waals surface area contributed by atoms with E-state index >= 15 is 0 Å². The molecular formula is C12H9BrN2O. The molecule has 4 heteroatoms. The molecule has 0 saturated heterocycles. The first-order chi connectivity index (χ1) is 7.70. The van der Waals surface area contributed by atoms with Gasteiger partial charge in [0.05, 0.1) is 4.47 Å². The second kappa shape index (κ2) is 4.45. The monoisotopic (exact) mass is 276 g/mol. The van der Waals surface area contributed by atoms with E-state index in [1.54, 1.807) is 42.6 Å². The first-order valence-corrected chi connectivity index (χ1v) is 5.49. The van der Waals surface area contributed by atoms with Gasteiger partial charge in [-0.05, 0) is 40.2 Å². The highest BCUT2D eigenvalue weighted by Crippen LogP contribution is 2.25. The van der Waals surface area contributed by atoms with Crippen molar-refractivity contribution in [1.82, 2.24) is 4.98 Å². The van der Waals surface area contributed by atoms with Crippen LogP contribution in [0.2, 0.25) is 0 Å². The summed E-state index contributed by atoms with van der Waals surface area (Å²) < 4.78 is 0.616. The summed E-state index contributed by atoms with van der Waals surface area (Å²) in [5.41, 5.74) is 7.20. The highest BCUT2D eigenvalue weighted by atomic mass is 79.9. The van der Waals surface area contributed by atoms with Crippen molar-refractivity contribution in [3.8, 4) is 0 Å². The molecule has 3 nitrogen and oxygen atoms in total. The van der Waals surface area contributed by atoms with Crippen molar-refractivity contribution in [2.45, 2.75) is 0 Å². The minimum atomic E-state index is -0.139. The van der Waals surface area contributed by atoms with Crippen molar-refractivity contribution in [3.63, 3.8) is 0 Å². The molecule has 1 heterocycles. The van der Waals surface area contributed by atoms with Gasteiger partial charge in [-0.3, -0.25) is 9.78 Å². The Morgan fingerprint density at radius 1 is 1.19 bits per heavy atom. The summed E-state index contributed by atoms with van der Waals surface area (Å²) in [7, 11) is 0. The van der Waals surface area contributed by atoms with Crippen LogP contribution in [0.4, 0.5) is 5.69 Å². The summed E-state index contributed by atoms with van der Waals surface area (Å²) in [5.74, 6) is -0.139. The van der Waals surface area contributed by atoms with Gasteiger partial charge in [-0.15, -0.1) is 0 Å². The molecule has 2 aromatic rings. The number of carbonyl (C=O) groups is 1. The number of rotatable bonds is 2. The zero-order valence-electron chi connectivity index (χ0n) is 8.35. The lowest BCUT2D eigenvalue weighted by atomic mass is 10.1. The first kappa shape index (κ1) is 10.8. The van der Waals surface area contributed by atoms with Crippen LogP contribution in [-0.4, -0.2) is 10.8 Å². The summed E-state index contributed by atoms with van der Waals surface area (Å²) in [6.45, 7) is 0. The average molecular weight is 277 g/mol. The lowest BCUT2D eigenvalue weighted by Crippen LogP contribution is -2.05. The molecule has 0 aliphatic carbocycles. The highest BCUT2D eigenvalue weighted by molar-refractivity contribution is 9.10. The zero-order valence-corrected chi connectivity index (χ0v) is 9.94. The van der Waals surface area contributed by atoms with Gasteiger partial charge >= 0.3 is 0 Å². The predicted molar refractivity (Wildman–Crippen MR) is 66.2 cm³/mol. The van der Waals surface area contributed by atoms with E-state index in [9.17, 15) is 4.79 Å². The van der Waals surface area contributed by atoms with Gasteiger partial charge in [0.2, 0.25) is 5.78 Å². The molecule has 2 N–H and O–H groups in total. The number of nitrogens with two attached hydrogens (primary N) is 1. The van der Waals surface area contributed by atoms with Crippen LogP contribution in [0.25, 0.3) is 0 Å². The highest BCUT2D eigenvalue weighted by Gasteiger charge is 2.14. The van der Waals surface area contributed by atoms with Crippen LogP contribution in [0.5, 0.6) is 0 Å². The molecule has 0 spiro atoms. The van der Waals surface area contributed by atoms with Crippen LogP contribution in [0.3, 0.4) is 0 Å². The maximum Gasteiger partial charge on any atom is 0.212 e. The topological polar surface area (TPSA) is 56.0 Å². The van der Waals surface area contributed by atoms with Crippen molar-refractivity contribution in [3.05, 3.63) is 58.3 Å². The van der Waals surface area contributed by atoms with E-state index in [0.29, 0.717) is 21.4 Å². The molecule has 0 radical (unpaired) electrons. The van der Waals surface area contributed by atoms with Gasteiger partial charge in [-0.25, -0.2) is 0 Å². The van der Waals surface area contributed by atoms with E-state index in [2.05, 4.69) is 20.9 Å². The number of benzene rings is 1. The minimum absolute atomic E-state index is 0.139. The van der Waals surface area contributed by atoms with E-state index in [1.807, 2.05) is 0 Å². The second-order valence-electron chi connectivity index (χ2n) is 3.25. The third kappa shape index (κ3) is 1.97. The molecule has 1 aromatic carbocycles. The van der Waals surface area contributed by atoms with Gasteiger partial charge < -0.3 is 5.73 Å². The number of nitrogen functional groups attached to an aromatic ring is 1. The van der Waals surface area contributed by atoms with Crippen LogP contribution in [0, 0.1) is 0 Å². The maximum atomic E-state index is 12.1. The Morgan fingerprint density at radius 2 is 2.00 bits per heavy atom. The smallest absolute Gasteiger partial charge is 0.212 e. The summed E-state index contributed by atoms with van der Waals surface area (Å²) >= 11 is 3.30. The van der Waals surface area contributed by atoms with E-state index in [-0.39, 0.29) is 5.78 Å². The van der Waals surface area contributed by atoms with Gasteiger partial charge in [0.25, 0.3) is 0 Å². The number of pyridine rings is 1. The van der Waals surface area contributed by atoms with E-state index in [1.165, 1.54) is 0 Å². The van der Waals surface area contributed by atoms with E-state index in [0.717, 1.165) is 0 Å². The molecule has 0 amide bonds. The summed E-state index contributed by atoms with van der Waals surface area (Å²) in [6.07, 6.45) is 1.59. The lowest BCUT2D eigenvalue weighted by molar-refractivity contribution is 0.103. The van der Waals surface area contributed by atoms with Gasteiger partial charge in [0.15, 0.2) is 0 Å². The minimum Gasteiger partial charge on any atom is -0.398 e. The molecule has 0 fully saturated rings. The Hall–Kier alpha value is -1.68. The number of hydrogen-bond acceptors (Lipinski definition) is 3. The van der Waals surface area contributed by atoms with Crippen molar-refractivity contribution in [2.75, 3.05) is 5.73 Å². The molecular weight excluding hydrogens is 268 g/mol. The van der Waals surface area contributed by atoms with Crippen molar-refractivity contribution >= 4 is 27.4 Å². The molecule has 16 heavy (non-hydrogen) atoms. The van der Waals surface area contributed by atoms with E-state index < -0.39 is 0 Å². The Balaban J connectivity index is 2.46. The number of aromatic nitrogens is 1. The van der Waals surface area contributed by atoms with Gasteiger partial charge in [0.1, 0.15) is 5.69 Å². The zero-order chi connectivity index (χ0) is 11.5. The van der Waals surface area contributed by atoms with Gasteiger partial charge in [0, 0.05) is 17.4 Å². The summed E-state index contributed by atoms with van der Waals surface area (Å²) in [6, 6.07) is 10.4. The Morgan fingerprint density at radius 3 is 2.69 bits per heavy atom. The number of nitrogens with zero attached hydrogens (tertiary/aromatic N) is 1. The quantitative estimate of drug-likeness (QED) is 0.678. The second-order valence-corrected chi connectivity index (χ2v) is 4.05. The molecule has 80 valence electrons. The number of carbonyl (C=O) groups excluding carboxylic acids is 1. The van der Waals surface area contributed by atoms with Crippen LogP contribution in [-0.2, 0) is 0 Å². The third-order valence-electron chi connectivity index (χ3n) is 2.17. The fourth-order valence-electron chi connectivity index (χ4n) is 1.36. The van der Waals surface area contributed by atoms with Gasteiger partial charge in [-0.1, -0.05) is 12.1 Å². The standard InChI is InChI=1S/C12H9BrN2O/c13-11-8(4-3-5-9(11)14)12(16)10-6-1-2-7-15-10/h1-7H,14H2. The van der Waals surface area contributed by atoms with Crippen molar-refractivity contribution in [1.29, 1.82) is 0 Å².